The van der Waals surface area contributed by atoms with Gasteiger partial charge in [-0.2, -0.15) is 0 Å². The first-order valence-electron chi connectivity index (χ1n) is 4.61. The Morgan fingerprint density at radius 3 is 2.25 bits per heavy atom. The standard InChI is InChI=1S/C11H11O5/c1-7(13)15-10-4-3-9(6-12)11(5-10)16-8(2)14/h3-5H,6H2,1-2H3. The molecule has 0 unspecified atom stereocenters. The molecule has 0 aliphatic heterocycles. The van der Waals surface area contributed by atoms with Crippen LogP contribution >= 0.6 is 0 Å². The second-order valence-corrected chi connectivity index (χ2v) is 3.10. The number of hydrogen-bond donors (Lipinski definition) is 0. The van der Waals surface area contributed by atoms with Gasteiger partial charge in [-0.15, -0.1) is 0 Å². The highest BCUT2D eigenvalue weighted by Gasteiger charge is 2.09. The molecule has 1 radical (unpaired) electrons. The zero-order chi connectivity index (χ0) is 12.1. The molecular weight excluding hydrogens is 212 g/mol. The van der Waals surface area contributed by atoms with Crippen LogP contribution in [-0.4, -0.2) is 11.9 Å². The first-order valence-corrected chi connectivity index (χ1v) is 4.61. The maximum absolute atomic E-state index is 10.8. The predicted molar refractivity (Wildman–Crippen MR) is 53.5 cm³/mol. The van der Waals surface area contributed by atoms with Gasteiger partial charge in [0.05, 0.1) is 0 Å². The maximum atomic E-state index is 10.8. The lowest BCUT2D eigenvalue weighted by molar-refractivity contribution is -0.132. The molecule has 0 bridgehead atoms. The second kappa shape index (κ2) is 5.27. The smallest absolute Gasteiger partial charge is 0.308 e. The molecule has 0 saturated carbocycles. The average molecular weight is 223 g/mol. The minimum atomic E-state index is -0.533. The lowest BCUT2D eigenvalue weighted by Crippen LogP contribution is -2.06. The molecule has 85 valence electrons. The van der Waals surface area contributed by atoms with E-state index in [1.807, 2.05) is 0 Å². The highest BCUT2D eigenvalue weighted by atomic mass is 16.5. The molecule has 0 aromatic heterocycles. The molecule has 5 heteroatoms. The number of rotatable bonds is 3. The summed E-state index contributed by atoms with van der Waals surface area (Å²) in [5, 5.41) is 10.8. The van der Waals surface area contributed by atoms with Crippen molar-refractivity contribution in [3.8, 4) is 11.5 Å². The summed E-state index contributed by atoms with van der Waals surface area (Å²) < 4.78 is 9.63. The molecule has 0 aliphatic rings. The van der Waals surface area contributed by atoms with E-state index in [-0.39, 0.29) is 11.5 Å². The molecule has 0 spiro atoms. The number of ether oxygens (including phenoxy) is 2. The van der Waals surface area contributed by atoms with E-state index < -0.39 is 18.5 Å². The summed E-state index contributed by atoms with van der Waals surface area (Å²) in [7, 11) is 0. The van der Waals surface area contributed by atoms with Crippen LogP contribution in [0.15, 0.2) is 18.2 Å². The van der Waals surface area contributed by atoms with Gasteiger partial charge in [0.15, 0.2) is 0 Å². The Bertz CT molecular complexity index is 411. The Kier molecular flexibility index (Phi) is 4.02. The Morgan fingerprint density at radius 2 is 1.75 bits per heavy atom. The Balaban J connectivity index is 3.00. The normalized spacial score (nSPS) is 9.69. The monoisotopic (exact) mass is 223 g/mol. The topological polar surface area (TPSA) is 72.5 Å². The molecular formula is C11H11O5. The van der Waals surface area contributed by atoms with Gasteiger partial charge in [-0.1, -0.05) is 0 Å². The van der Waals surface area contributed by atoms with Crippen LogP contribution in [0, 0.1) is 0 Å². The largest absolute Gasteiger partial charge is 0.427 e. The van der Waals surface area contributed by atoms with Crippen LogP contribution in [0.5, 0.6) is 11.5 Å². The summed E-state index contributed by atoms with van der Waals surface area (Å²) in [5.74, 6) is -0.652. The fourth-order valence-corrected chi connectivity index (χ4v) is 1.13. The van der Waals surface area contributed by atoms with Gasteiger partial charge in [0, 0.05) is 25.5 Å². The minimum absolute atomic E-state index is 0.126. The molecule has 0 heterocycles. The van der Waals surface area contributed by atoms with Crippen molar-refractivity contribution < 1.29 is 24.2 Å². The van der Waals surface area contributed by atoms with E-state index >= 15 is 0 Å². The van der Waals surface area contributed by atoms with Crippen molar-refractivity contribution in [2.24, 2.45) is 0 Å². The first-order chi connectivity index (χ1) is 7.52. The van der Waals surface area contributed by atoms with Crippen LogP contribution in [0.3, 0.4) is 0 Å². The molecule has 0 N–H and O–H groups in total. The van der Waals surface area contributed by atoms with E-state index in [0.29, 0.717) is 5.56 Å². The van der Waals surface area contributed by atoms with Gasteiger partial charge in [0.1, 0.15) is 18.1 Å². The third kappa shape index (κ3) is 3.36. The van der Waals surface area contributed by atoms with Crippen LogP contribution in [0.1, 0.15) is 19.4 Å². The SMILES string of the molecule is CC(=O)Oc1ccc(C[O])c(OC(C)=O)c1. The average Bonchev–Trinajstić information content (AvgIpc) is 2.16. The van der Waals surface area contributed by atoms with Crippen molar-refractivity contribution in [1.29, 1.82) is 0 Å². The maximum Gasteiger partial charge on any atom is 0.308 e. The minimum Gasteiger partial charge on any atom is -0.427 e. The number of hydrogen-bond acceptors (Lipinski definition) is 4. The zero-order valence-electron chi connectivity index (χ0n) is 8.98. The molecule has 1 aromatic rings. The molecule has 1 rings (SSSR count). The van der Waals surface area contributed by atoms with Crippen LogP contribution < -0.4 is 9.47 Å². The molecule has 0 aliphatic carbocycles. The summed E-state index contributed by atoms with van der Waals surface area (Å²) in [6.07, 6.45) is 0. The molecule has 5 nitrogen and oxygen atoms in total. The van der Waals surface area contributed by atoms with Crippen LogP contribution in [0.25, 0.3) is 0 Å². The number of benzene rings is 1. The Hall–Kier alpha value is -1.88. The Morgan fingerprint density at radius 1 is 1.12 bits per heavy atom. The van der Waals surface area contributed by atoms with E-state index in [1.165, 1.54) is 32.0 Å². The van der Waals surface area contributed by atoms with Crippen molar-refractivity contribution in [3.63, 3.8) is 0 Å². The highest BCUT2D eigenvalue weighted by molar-refractivity contribution is 5.71. The predicted octanol–water partition coefficient (Wildman–Crippen LogP) is 1.47. The fraction of sp³-hybridized carbons (Fsp3) is 0.273. The van der Waals surface area contributed by atoms with Gasteiger partial charge >= 0.3 is 11.9 Å². The summed E-state index contributed by atoms with van der Waals surface area (Å²) in [6, 6.07) is 4.28. The van der Waals surface area contributed by atoms with Gasteiger partial charge in [0.2, 0.25) is 0 Å². The van der Waals surface area contributed by atoms with Gasteiger partial charge in [-0.3, -0.25) is 9.59 Å². The third-order valence-electron chi connectivity index (χ3n) is 1.71. The first kappa shape index (κ1) is 12.2. The van der Waals surface area contributed by atoms with E-state index in [9.17, 15) is 14.7 Å². The van der Waals surface area contributed by atoms with Crippen LogP contribution in [0.4, 0.5) is 0 Å². The van der Waals surface area contributed by atoms with Crippen molar-refractivity contribution in [2.45, 2.75) is 20.5 Å². The van der Waals surface area contributed by atoms with Crippen molar-refractivity contribution in [1.82, 2.24) is 0 Å². The lowest BCUT2D eigenvalue weighted by Gasteiger charge is -2.08. The van der Waals surface area contributed by atoms with Crippen molar-refractivity contribution in [2.75, 3.05) is 0 Å². The van der Waals surface area contributed by atoms with E-state index in [2.05, 4.69) is 0 Å². The van der Waals surface area contributed by atoms with Crippen molar-refractivity contribution >= 4 is 11.9 Å². The van der Waals surface area contributed by atoms with Gasteiger partial charge in [-0.25, -0.2) is 5.11 Å². The Labute approximate surface area is 92.6 Å². The molecule has 0 amide bonds. The highest BCUT2D eigenvalue weighted by Crippen LogP contribution is 2.25. The quantitative estimate of drug-likeness (QED) is 0.574. The van der Waals surface area contributed by atoms with Crippen LogP contribution in [0.2, 0.25) is 0 Å². The van der Waals surface area contributed by atoms with E-state index in [0.717, 1.165) is 0 Å². The van der Waals surface area contributed by atoms with Gasteiger partial charge in [-0.05, 0) is 12.1 Å². The molecule has 1 aromatic carbocycles. The molecule has 0 saturated heterocycles. The molecule has 0 atom stereocenters. The number of esters is 2. The summed E-state index contributed by atoms with van der Waals surface area (Å²) in [6.45, 7) is 1.98. The fourth-order valence-electron chi connectivity index (χ4n) is 1.13. The summed E-state index contributed by atoms with van der Waals surface area (Å²) in [5.41, 5.74) is 0.339. The van der Waals surface area contributed by atoms with E-state index in [1.54, 1.807) is 0 Å². The summed E-state index contributed by atoms with van der Waals surface area (Å²) >= 11 is 0. The van der Waals surface area contributed by atoms with Gasteiger partial charge in [0.25, 0.3) is 0 Å². The molecule has 16 heavy (non-hydrogen) atoms. The number of carbonyl (C=O) groups is 2. The molecule has 0 fully saturated rings. The van der Waals surface area contributed by atoms with Crippen molar-refractivity contribution in [3.05, 3.63) is 23.8 Å². The van der Waals surface area contributed by atoms with Crippen LogP contribution in [-0.2, 0) is 21.3 Å². The van der Waals surface area contributed by atoms with Gasteiger partial charge < -0.3 is 9.47 Å². The lowest BCUT2D eigenvalue weighted by atomic mass is 10.2. The third-order valence-corrected chi connectivity index (χ3v) is 1.71. The summed E-state index contributed by atoms with van der Waals surface area (Å²) in [4.78, 5) is 21.5. The van der Waals surface area contributed by atoms with E-state index in [4.69, 9.17) is 9.47 Å². The number of carbonyl (C=O) groups excluding carboxylic acids is 2. The zero-order valence-corrected chi connectivity index (χ0v) is 8.98. The second-order valence-electron chi connectivity index (χ2n) is 3.10.